The number of benzene rings is 1. The summed E-state index contributed by atoms with van der Waals surface area (Å²) in [6.45, 7) is 2.46. The van der Waals surface area contributed by atoms with E-state index >= 15 is 0 Å². The van der Waals surface area contributed by atoms with Crippen molar-refractivity contribution in [2.24, 2.45) is 0 Å². The number of unbranched alkanes of at least 4 members (excludes halogenated alkanes) is 1. The van der Waals surface area contributed by atoms with Gasteiger partial charge in [0.15, 0.2) is 0 Å². The van der Waals surface area contributed by atoms with Crippen LogP contribution in [0, 0.1) is 0 Å². The number of esters is 1. The third-order valence-corrected chi connectivity index (χ3v) is 2.16. The van der Waals surface area contributed by atoms with Gasteiger partial charge in [-0.3, -0.25) is 0 Å². The largest absolute Gasteiger partial charge is 0.458 e. The smallest absolute Gasteiger partial charge is 0.331 e. The number of hydrogen-bond acceptors (Lipinski definition) is 2. The molecule has 2 nitrogen and oxygen atoms in total. The minimum absolute atomic E-state index is 0.310. The number of ether oxygens (including phenoxy) is 1. The molecule has 0 saturated carbocycles. The van der Waals surface area contributed by atoms with Gasteiger partial charge >= 0.3 is 5.97 Å². The van der Waals surface area contributed by atoms with E-state index in [0.29, 0.717) is 6.61 Å². The van der Waals surface area contributed by atoms with Crippen LogP contribution in [0.3, 0.4) is 0 Å². The first-order valence-electron chi connectivity index (χ1n) is 5.88. The molecule has 0 amide bonds. The molecule has 0 fully saturated rings. The summed E-state index contributed by atoms with van der Waals surface area (Å²) in [4.78, 5) is 11.3. The van der Waals surface area contributed by atoms with E-state index in [0.717, 1.165) is 18.4 Å². The third kappa shape index (κ3) is 6.36. The lowest BCUT2D eigenvalue weighted by Crippen LogP contribution is -1.99. The van der Waals surface area contributed by atoms with Crippen molar-refractivity contribution < 1.29 is 9.53 Å². The zero-order valence-electron chi connectivity index (χ0n) is 10.1. The van der Waals surface area contributed by atoms with E-state index in [4.69, 9.17) is 4.74 Å². The van der Waals surface area contributed by atoms with Gasteiger partial charge in [0, 0.05) is 6.08 Å². The average Bonchev–Trinajstić information content (AvgIpc) is 2.37. The van der Waals surface area contributed by atoms with Crippen molar-refractivity contribution >= 4 is 12.0 Å². The van der Waals surface area contributed by atoms with Crippen LogP contribution >= 0.6 is 0 Å². The summed E-state index contributed by atoms with van der Waals surface area (Å²) in [5, 5.41) is 0. The van der Waals surface area contributed by atoms with Crippen LogP contribution in [0.25, 0.3) is 6.08 Å². The molecule has 0 aliphatic rings. The third-order valence-electron chi connectivity index (χ3n) is 2.16. The first-order chi connectivity index (χ1) is 8.33. The molecule has 0 atom stereocenters. The van der Waals surface area contributed by atoms with Crippen LogP contribution in [0.5, 0.6) is 0 Å². The van der Waals surface area contributed by atoms with Crippen LogP contribution in [0.2, 0.25) is 0 Å². The van der Waals surface area contributed by atoms with Gasteiger partial charge in [-0.05, 0) is 18.1 Å². The average molecular weight is 230 g/mol. The summed E-state index contributed by atoms with van der Waals surface area (Å²) in [6, 6.07) is 9.67. The molecule has 17 heavy (non-hydrogen) atoms. The highest BCUT2D eigenvalue weighted by molar-refractivity contribution is 5.87. The maximum absolute atomic E-state index is 11.3. The Hall–Kier alpha value is -1.83. The summed E-state index contributed by atoms with van der Waals surface area (Å²) in [7, 11) is 0. The molecule has 0 radical (unpaired) electrons. The van der Waals surface area contributed by atoms with Crippen LogP contribution in [0.15, 0.2) is 48.6 Å². The first-order valence-corrected chi connectivity index (χ1v) is 5.88. The quantitative estimate of drug-likeness (QED) is 0.424. The summed E-state index contributed by atoms with van der Waals surface area (Å²) < 4.78 is 5.00. The molecular formula is C15H18O2. The van der Waals surface area contributed by atoms with Crippen LogP contribution in [0.1, 0.15) is 25.3 Å². The molecule has 2 heteroatoms. The second kappa shape index (κ2) is 8.34. The molecule has 0 aliphatic heterocycles. The van der Waals surface area contributed by atoms with Crippen molar-refractivity contribution in [3.63, 3.8) is 0 Å². The van der Waals surface area contributed by atoms with Crippen LogP contribution in [-0.2, 0) is 9.53 Å². The monoisotopic (exact) mass is 230 g/mol. The Bertz CT molecular complexity index is 377. The fourth-order valence-corrected chi connectivity index (χ4v) is 1.26. The number of hydrogen-bond donors (Lipinski definition) is 0. The van der Waals surface area contributed by atoms with Gasteiger partial charge in [-0.15, -0.1) is 0 Å². The SMILES string of the molecule is CCC/C=C/COC(=O)/C=C/c1ccccc1. The lowest BCUT2D eigenvalue weighted by molar-refractivity contribution is -0.136. The minimum Gasteiger partial charge on any atom is -0.458 e. The lowest BCUT2D eigenvalue weighted by Gasteiger charge is -1.96. The second-order valence-corrected chi connectivity index (χ2v) is 3.63. The molecule has 0 aromatic heterocycles. The molecule has 0 spiro atoms. The highest BCUT2D eigenvalue weighted by Crippen LogP contribution is 2.01. The van der Waals surface area contributed by atoms with E-state index in [9.17, 15) is 4.79 Å². The highest BCUT2D eigenvalue weighted by Gasteiger charge is 1.93. The Labute approximate surface area is 103 Å². The Morgan fingerprint density at radius 3 is 2.71 bits per heavy atom. The highest BCUT2D eigenvalue weighted by atomic mass is 16.5. The zero-order chi connectivity index (χ0) is 12.3. The number of carbonyl (C=O) groups excluding carboxylic acids is 1. The van der Waals surface area contributed by atoms with Crippen molar-refractivity contribution in [3.05, 3.63) is 54.1 Å². The molecule has 0 aliphatic carbocycles. The molecule has 0 bridgehead atoms. The molecule has 1 aromatic carbocycles. The summed E-state index contributed by atoms with van der Waals surface area (Å²) in [5.74, 6) is -0.310. The van der Waals surface area contributed by atoms with Gasteiger partial charge in [0.2, 0.25) is 0 Å². The van der Waals surface area contributed by atoms with Crippen LogP contribution in [0.4, 0.5) is 0 Å². The van der Waals surface area contributed by atoms with E-state index < -0.39 is 0 Å². The van der Waals surface area contributed by atoms with E-state index in [1.54, 1.807) is 6.08 Å². The van der Waals surface area contributed by atoms with Gasteiger partial charge in [0.05, 0.1) is 0 Å². The van der Waals surface area contributed by atoms with E-state index in [-0.39, 0.29) is 5.97 Å². The fourth-order valence-electron chi connectivity index (χ4n) is 1.26. The fraction of sp³-hybridized carbons (Fsp3) is 0.267. The molecular weight excluding hydrogens is 212 g/mol. The molecule has 1 aromatic rings. The summed E-state index contributed by atoms with van der Waals surface area (Å²) >= 11 is 0. The Morgan fingerprint density at radius 2 is 2.00 bits per heavy atom. The Balaban J connectivity index is 2.28. The van der Waals surface area contributed by atoms with Gasteiger partial charge in [0.25, 0.3) is 0 Å². The molecule has 0 saturated heterocycles. The van der Waals surface area contributed by atoms with Crippen molar-refractivity contribution in [1.29, 1.82) is 0 Å². The molecule has 90 valence electrons. The Kier molecular flexibility index (Phi) is 6.49. The number of carbonyl (C=O) groups is 1. The van der Waals surface area contributed by atoms with Crippen LogP contribution in [-0.4, -0.2) is 12.6 Å². The van der Waals surface area contributed by atoms with Gasteiger partial charge in [-0.2, -0.15) is 0 Å². The first kappa shape index (κ1) is 13.2. The van der Waals surface area contributed by atoms with Crippen molar-refractivity contribution in [1.82, 2.24) is 0 Å². The molecule has 0 heterocycles. The second-order valence-electron chi connectivity index (χ2n) is 3.63. The number of rotatable bonds is 6. The van der Waals surface area contributed by atoms with Gasteiger partial charge in [-0.25, -0.2) is 4.79 Å². The predicted molar refractivity (Wildman–Crippen MR) is 70.5 cm³/mol. The van der Waals surface area contributed by atoms with E-state index in [1.807, 2.05) is 42.5 Å². The molecule has 0 unspecified atom stereocenters. The predicted octanol–water partition coefficient (Wildman–Crippen LogP) is 3.60. The van der Waals surface area contributed by atoms with Gasteiger partial charge < -0.3 is 4.74 Å². The topological polar surface area (TPSA) is 26.3 Å². The minimum atomic E-state index is -0.310. The lowest BCUT2D eigenvalue weighted by atomic mass is 10.2. The van der Waals surface area contributed by atoms with Crippen molar-refractivity contribution in [3.8, 4) is 0 Å². The van der Waals surface area contributed by atoms with E-state index in [1.165, 1.54) is 6.08 Å². The van der Waals surface area contributed by atoms with Gasteiger partial charge in [-0.1, -0.05) is 55.8 Å². The summed E-state index contributed by atoms with van der Waals surface area (Å²) in [5.41, 5.74) is 0.992. The number of allylic oxidation sites excluding steroid dienone is 1. The van der Waals surface area contributed by atoms with Crippen molar-refractivity contribution in [2.75, 3.05) is 6.61 Å². The zero-order valence-corrected chi connectivity index (χ0v) is 10.1. The Morgan fingerprint density at radius 1 is 1.24 bits per heavy atom. The maximum Gasteiger partial charge on any atom is 0.331 e. The summed E-state index contributed by atoms with van der Waals surface area (Å²) in [6.07, 6.45) is 9.22. The van der Waals surface area contributed by atoms with Crippen molar-refractivity contribution in [2.45, 2.75) is 19.8 Å². The molecule has 1 rings (SSSR count). The normalized spacial score (nSPS) is 11.1. The molecule has 0 N–H and O–H groups in total. The van der Waals surface area contributed by atoms with Crippen LogP contribution < -0.4 is 0 Å². The maximum atomic E-state index is 11.3. The van der Waals surface area contributed by atoms with Gasteiger partial charge in [0.1, 0.15) is 6.61 Å². The standard InChI is InChI=1S/C15H18O2/c1-2-3-4-8-13-17-15(16)12-11-14-9-6-5-7-10-14/h4-12H,2-3,13H2,1H3/b8-4+,12-11+. The van der Waals surface area contributed by atoms with E-state index in [2.05, 4.69) is 6.92 Å².